The fraction of sp³-hybridized carbons (Fsp3) is 0.111. The molecule has 0 unspecified atom stereocenters. The molecule has 0 aromatic carbocycles. The first-order chi connectivity index (χ1) is 12.5. The van der Waals surface area contributed by atoms with E-state index in [2.05, 4.69) is 30.1 Å². The van der Waals surface area contributed by atoms with E-state index >= 15 is 0 Å². The van der Waals surface area contributed by atoms with Gasteiger partial charge in [-0.05, 0) is 31.5 Å². The van der Waals surface area contributed by atoms with Crippen molar-refractivity contribution in [3.05, 3.63) is 53.9 Å². The topological polar surface area (TPSA) is 123 Å². The fourth-order valence-electron chi connectivity index (χ4n) is 2.88. The van der Waals surface area contributed by atoms with Crippen LogP contribution in [-0.4, -0.2) is 36.0 Å². The Kier molecular flexibility index (Phi) is 3.65. The standard InChI is InChI=1S/C18H15N7O/c1-9-3-12(17(19)26)6-22-15(9)13-4-11(5-21-10(13)2)16-14-7-20-8-23-18(14)25-24-16/h3-8H,1-2H3,(H2,19,26)(H,20,23,24,25). The van der Waals surface area contributed by atoms with Gasteiger partial charge in [0.15, 0.2) is 5.65 Å². The largest absolute Gasteiger partial charge is 0.366 e. The molecule has 0 saturated carbocycles. The second-order valence-corrected chi connectivity index (χ2v) is 5.97. The summed E-state index contributed by atoms with van der Waals surface area (Å²) in [5.41, 5.74) is 11.2. The maximum atomic E-state index is 11.3. The SMILES string of the molecule is Cc1cc(C(N)=O)cnc1-c1cc(-c2[nH]nc3ncncc23)cnc1C. The van der Waals surface area contributed by atoms with E-state index in [1.807, 2.05) is 19.9 Å². The number of nitrogens with one attached hydrogen (secondary N) is 1. The lowest BCUT2D eigenvalue weighted by Crippen LogP contribution is -2.11. The molecular weight excluding hydrogens is 330 g/mol. The van der Waals surface area contributed by atoms with Crippen molar-refractivity contribution in [1.82, 2.24) is 30.1 Å². The first kappa shape index (κ1) is 15.8. The lowest BCUT2D eigenvalue weighted by Gasteiger charge is -2.10. The second kappa shape index (κ2) is 5.99. The van der Waals surface area contributed by atoms with Crippen LogP contribution >= 0.6 is 0 Å². The molecule has 26 heavy (non-hydrogen) atoms. The van der Waals surface area contributed by atoms with E-state index in [1.54, 1.807) is 18.5 Å². The smallest absolute Gasteiger partial charge is 0.250 e. The van der Waals surface area contributed by atoms with E-state index in [9.17, 15) is 4.79 Å². The van der Waals surface area contributed by atoms with Crippen LogP contribution in [0.4, 0.5) is 0 Å². The summed E-state index contributed by atoms with van der Waals surface area (Å²) in [4.78, 5) is 28.5. The van der Waals surface area contributed by atoms with Crippen LogP contribution in [0.2, 0.25) is 0 Å². The van der Waals surface area contributed by atoms with Gasteiger partial charge >= 0.3 is 0 Å². The third-order valence-electron chi connectivity index (χ3n) is 4.23. The lowest BCUT2D eigenvalue weighted by molar-refractivity contribution is 0.1000. The predicted octanol–water partition coefficient (Wildman–Crippen LogP) is 2.19. The maximum Gasteiger partial charge on any atom is 0.250 e. The minimum absolute atomic E-state index is 0.379. The molecule has 0 bridgehead atoms. The zero-order valence-electron chi connectivity index (χ0n) is 14.2. The molecule has 4 rings (SSSR count). The third kappa shape index (κ3) is 2.57. The van der Waals surface area contributed by atoms with Crippen molar-refractivity contribution in [2.75, 3.05) is 0 Å². The Morgan fingerprint density at radius 2 is 1.92 bits per heavy atom. The molecule has 3 N–H and O–H groups in total. The van der Waals surface area contributed by atoms with Crippen LogP contribution in [0.1, 0.15) is 21.6 Å². The summed E-state index contributed by atoms with van der Waals surface area (Å²) >= 11 is 0. The summed E-state index contributed by atoms with van der Waals surface area (Å²) in [5.74, 6) is -0.500. The number of carbonyl (C=O) groups is 1. The predicted molar refractivity (Wildman–Crippen MR) is 96.1 cm³/mol. The van der Waals surface area contributed by atoms with Crippen molar-refractivity contribution >= 4 is 16.9 Å². The highest BCUT2D eigenvalue weighted by Crippen LogP contribution is 2.30. The summed E-state index contributed by atoms with van der Waals surface area (Å²) in [7, 11) is 0. The molecule has 0 radical (unpaired) electrons. The number of fused-ring (bicyclic) bond motifs is 1. The van der Waals surface area contributed by atoms with Gasteiger partial charge in [-0.15, -0.1) is 0 Å². The van der Waals surface area contributed by atoms with Crippen LogP contribution in [0.3, 0.4) is 0 Å². The molecule has 0 aliphatic heterocycles. The number of pyridine rings is 2. The van der Waals surface area contributed by atoms with Crippen molar-refractivity contribution in [3.63, 3.8) is 0 Å². The minimum Gasteiger partial charge on any atom is -0.366 e. The van der Waals surface area contributed by atoms with Crippen molar-refractivity contribution in [3.8, 4) is 22.5 Å². The van der Waals surface area contributed by atoms with Crippen molar-refractivity contribution < 1.29 is 4.79 Å². The summed E-state index contributed by atoms with van der Waals surface area (Å²) < 4.78 is 0. The number of nitrogens with two attached hydrogens (primary N) is 1. The van der Waals surface area contributed by atoms with E-state index in [-0.39, 0.29) is 0 Å². The number of primary amides is 1. The van der Waals surface area contributed by atoms with Crippen LogP contribution in [0, 0.1) is 13.8 Å². The highest BCUT2D eigenvalue weighted by atomic mass is 16.1. The number of hydrogen-bond acceptors (Lipinski definition) is 6. The first-order valence-electron chi connectivity index (χ1n) is 7.92. The van der Waals surface area contributed by atoms with Gasteiger partial charge in [-0.1, -0.05) is 0 Å². The molecule has 0 spiro atoms. The number of aryl methyl sites for hydroxylation is 2. The van der Waals surface area contributed by atoms with E-state index in [0.29, 0.717) is 11.2 Å². The third-order valence-corrected chi connectivity index (χ3v) is 4.23. The Bertz CT molecular complexity index is 1150. The molecule has 128 valence electrons. The quantitative estimate of drug-likeness (QED) is 0.586. The number of amides is 1. The van der Waals surface area contributed by atoms with Crippen LogP contribution in [0.5, 0.6) is 0 Å². The molecule has 0 aliphatic rings. The fourth-order valence-corrected chi connectivity index (χ4v) is 2.88. The maximum absolute atomic E-state index is 11.3. The van der Waals surface area contributed by atoms with Gasteiger partial charge < -0.3 is 5.73 Å². The van der Waals surface area contributed by atoms with Crippen molar-refractivity contribution in [1.29, 1.82) is 0 Å². The van der Waals surface area contributed by atoms with E-state index < -0.39 is 5.91 Å². The summed E-state index contributed by atoms with van der Waals surface area (Å²) in [6.07, 6.45) is 6.42. The molecule has 0 fully saturated rings. The molecular formula is C18H15N7O. The van der Waals surface area contributed by atoms with Gasteiger partial charge in [0, 0.05) is 35.4 Å². The molecule has 1 amide bonds. The number of carbonyl (C=O) groups excluding carboxylic acids is 1. The molecule has 0 aliphatic carbocycles. The van der Waals surface area contributed by atoms with E-state index in [1.165, 1.54) is 12.5 Å². The molecule has 4 aromatic rings. The molecule has 8 nitrogen and oxygen atoms in total. The number of hydrogen-bond donors (Lipinski definition) is 2. The zero-order valence-corrected chi connectivity index (χ0v) is 14.2. The Balaban J connectivity index is 1.86. The summed E-state index contributed by atoms with van der Waals surface area (Å²) in [6.45, 7) is 3.80. The normalized spacial score (nSPS) is 11.0. The summed E-state index contributed by atoms with van der Waals surface area (Å²) in [6, 6.07) is 3.72. The molecule has 4 heterocycles. The first-order valence-corrected chi connectivity index (χ1v) is 7.92. The van der Waals surface area contributed by atoms with Gasteiger partial charge in [0.1, 0.15) is 6.33 Å². The van der Waals surface area contributed by atoms with Crippen LogP contribution < -0.4 is 5.73 Å². The zero-order chi connectivity index (χ0) is 18.3. The molecule has 4 aromatic heterocycles. The summed E-state index contributed by atoms with van der Waals surface area (Å²) in [5, 5.41) is 8.01. The average Bonchev–Trinajstić information content (AvgIpc) is 3.06. The Hall–Kier alpha value is -3.68. The number of rotatable bonds is 3. The second-order valence-electron chi connectivity index (χ2n) is 5.97. The molecule has 0 atom stereocenters. The van der Waals surface area contributed by atoms with Gasteiger partial charge in [0.25, 0.3) is 0 Å². The Labute approximate surface area is 148 Å². The highest BCUT2D eigenvalue weighted by Gasteiger charge is 2.14. The lowest BCUT2D eigenvalue weighted by atomic mass is 10.0. The van der Waals surface area contributed by atoms with Gasteiger partial charge in [-0.25, -0.2) is 9.97 Å². The monoisotopic (exact) mass is 345 g/mol. The van der Waals surface area contributed by atoms with Crippen molar-refractivity contribution in [2.24, 2.45) is 5.73 Å². The van der Waals surface area contributed by atoms with Crippen molar-refractivity contribution in [2.45, 2.75) is 13.8 Å². The Morgan fingerprint density at radius 3 is 2.69 bits per heavy atom. The minimum atomic E-state index is -0.500. The number of nitrogens with zero attached hydrogens (tertiary/aromatic N) is 5. The molecule has 0 saturated heterocycles. The van der Waals surface area contributed by atoms with Crippen LogP contribution in [0.15, 0.2) is 37.1 Å². The van der Waals surface area contributed by atoms with E-state index in [4.69, 9.17) is 5.73 Å². The number of aromatic nitrogens is 6. The highest BCUT2D eigenvalue weighted by molar-refractivity contribution is 5.93. The van der Waals surface area contributed by atoms with Crippen LogP contribution in [-0.2, 0) is 0 Å². The van der Waals surface area contributed by atoms with E-state index in [0.717, 1.165) is 39.2 Å². The Morgan fingerprint density at radius 1 is 1.08 bits per heavy atom. The average molecular weight is 345 g/mol. The van der Waals surface area contributed by atoms with Gasteiger partial charge in [0.2, 0.25) is 5.91 Å². The van der Waals surface area contributed by atoms with Crippen LogP contribution in [0.25, 0.3) is 33.5 Å². The van der Waals surface area contributed by atoms with Gasteiger partial charge in [0.05, 0.1) is 22.3 Å². The van der Waals surface area contributed by atoms with Gasteiger partial charge in [-0.3, -0.25) is 19.9 Å². The van der Waals surface area contributed by atoms with Gasteiger partial charge in [-0.2, -0.15) is 5.10 Å². The molecule has 8 heteroatoms. The number of H-pyrrole nitrogens is 1. The number of aromatic amines is 1.